The fourth-order valence-electron chi connectivity index (χ4n) is 9.17. The second kappa shape index (κ2) is 35.0. The van der Waals surface area contributed by atoms with Gasteiger partial charge in [-0.25, -0.2) is 20.0 Å². The molecule has 14 nitrogen and oxygen atoms in total. The molecule has 0 saturated carbocycles. The summed E-state index contributed by atoms with van der Waals surface area (Å²) < 4.78 is 0. The van der Waals surface area contributed by atoms with Gasteiger partial charge in [0.05, 0.1) is 68.4 Å². The van der Waals surface area contributed by atoms with Crippen LogP contribution in [0.2, 0.25) is 0 Å². The van der Waals surface area contributed by atoms with E-state index in [1.807, 2.05) is 109 Å². The summed E-state index contributed by atoms with van der Waals surface area (Å²) in [4.78, 5) is 37.8. The molecule has 0 saturated heterocycles. The van der Waals surface area contributed by atoms with Crippen molar-refractivity contribution in [2.45, 2.75) is 180 Å². The summed E-state index contributed by atoms with van der Waals surface area (Å²) in [7, 11) is 0. The normalized spacial score (nSPS) is 17.1. The Bertz CT molecular complexity index is 3170. The first-order valence-electron chi connectivity index (χ1n) is 30.9. The van der Waals surface area contributed by atoms with E-state index in [-0.39, 0.29) is 87.8 Å². The van der Waals surface area contributed by atoms with Gasteiger partial charge in [0.1, 0.15) is 0 Å². The third kappa shape index (κ3) is 26.9. The molecular weight excluding hydrogens is 1260 g/mol. The van der Waals surface area contributed by atoms with E-state index in [1.54, 1.807) is 0 Å². The Morgan fingerprint density at radius 2 is 0.426 bits per heavy atom. The van der Waals surface area contributed by atoms with Crippen molar-refractivity contribution in [3.8, 4) is 0 Å². The van der Waals surface area contributed by atoms with Gasteiger partial charge in [-0.3, -0.25) is 21.6 Å². The number of rotatable bonds is 4. The van der Waals surface area contributed by atoms with Crippen molar-refractivity contribution in [3.05, 3.63) is 178 Å². The number of para-hydroxylation sites is 4. The molecule has 0 aliphatic heterocycles. The van der Waals surface area contributed by atoms with Crippen LogP contribution in [0.3, 0.4) is 0 Å². The molecule has 94 heavy (non-hydrogen) atoms. The number of nitrogens with zero attached hydrogens (tertiary/aromatic N) is 4. The summed E-state index contributed by atoms with van der Waals surface area (Å²) in [5.41, 5.74) is 14.8. The number of benzene rings is 3. The molecule has 516 valence electrons. The number of aliphatic carboxylic acids is 2. The van der Waals surface area contributed by atoms with Crippen LogP contribution in [0.1, 0.15) is 180 Å². The molecule has 0 bridgehead atoms. The van der Waals surface area contributed by atoms with Gasteiger partial charge in [-0.15, -0.1) is 0 Å². The van der Waals surface area contributed by atoms with Gasteiger partial charge in [0.25, 0.3) is 0 Å². The van der Waals surface area contributed by atoms with Crippen LogP contribution < -0.4 is 10.2 Å². The van der Waals surface area contributed by atoms with Crippen molar-refractivity contribution in [1.29, 1.82) is 21.6 Å². The smallest absolute Gasteiger partial charge is 0.0894 e. The molecule has 2 radical (unpaired) electrons. The number of hydrogen-bond acceptors (Lipinski definition) is 12. The number of nitrogens with one attached hydrogen (secondary N) is 4. The number of allylic oxidation sites excluding steroid dienone is 16. The Balaban J connectivity index is 0. The first kappa shape index (κ1) is 88.9. The van der Waals surface area contributed by atoms with E-state index in [4.69, 9.17) is 61.4 Å². The second-order valence-corrected chi connectivity index (χ2v) is 31.2. The van der Waals surface area contributed by atoms with Gasteiger partial charge in [0.15, 0.2) is 0 Å². The molecule has 8 N–H and O–H groups in total. The van der Waals surface area contributed by atoms with Gasteiger partial charge < -0.3 is 30.8 Å². The number of carbonyl (C=O) groups is 2. The van der Waals surface area contributed by atoms with Crippen LogP contribution in [-0.2, 0) is 43.1 Å². The van der Waals surface area contributed by atoms with Crippen LogP contribution in [0.4, 0.5) is 22.7 Å². The first-order valence-corrected chi connectivity index (χ1v) is 30.9. The molecule has 3 aromatic rings. The maximum Gasteiger partial charge on any atom is 0.0894 e. The standard InChI is InChI=1S/2C34H46N4.C6H6.2C2H4O2.2Co.2H2O/c2*1-31(2,3)21-17-23(33(7,8)9)29(35)27(19-21)37-25-15-13-14-16-26(25)38-28-20-22(32(4,5)6)18-24(30(28)36)34(10,11)12;1-2-4-6-5-3-1;2*1-2(3)4;;;;/h2*13-20,35-36H,1-12H3;1-6H;2*1H3,(H,3,4);;;2*1H2/p-2. The number of hydrogen-bond donors (Lipinski definition) is 4. The molecule has 3 aromatic carbocycles. The van der Waals surface area contributed by atoms with Gasteiger partial charge in [-0.1, -0.05) is 251 Å². The minimum Gasteiger partial charge on any atom is -0.550 e. The largest absolute Gasteiger partial charge is 0.550 e. The van der Waals surface area contributed by atoms with Crippen molar-refractivity contribution < 1.29 is 64.3 Å². The molecule has 0 fully saturated rings. The Kier molecular flexibility index (Phi) is 33.1. The molecule has 0 heterocycles. The SMILES string of the molecule is CC(=O)[O-].CC(=O)[O-].CC(C)(C)C1=CC(=Nc2ccccc2N=C2C=C(C(C)(C)C)C=C(C(C)(C)C)C2=N)C(=N)C(C(C)(C)C)=C1.CC(C)(C)C1=CC(=Nc2ccccc2N=C2C=C(C(C)(C)C)C=C(C(C)(C)C)C2=N)C(=N)C(C(C)(C)C)=C1.O.O.[Co].[Co].c1ccccc1. The van der Waals surface area contributed by atoms with Gasteiger partial charge in [-0.05, 0) is 150 Å². The zero-order valence-electron chi connectivity index (χ0n) is 60.8. The summed E-state index contributed by atoms with van der Waals surface area (Å²) in [5, 5.41) is 53.8. The monoisotopic (exact) mass is 1370 g/mol. The fraction of sp³-hybridized carbons (Fsp3) is 0.436. The van der Waals surface area contributed by atoms with Crippen molar-refractivity contribution in [2.75, 3.05) is 0 Å². The Morgan fingerprint density at radius 1 is 0.287 bits per heavy atom. The average molecular weight is 1370 g/mol. The maximum atomic E-state index is 9.02. The van der Waals surface area contributed by atoms with Gasteiger partial charge in [0.2, 0.25) is 0 Å². The van der Waals surface area contributed by atoms with E-state index >= 15 is 0 Å². The van der Waals surface area contributed by atoms with Crippen molar-refractivity contribution in [1.82, 2.24) is 0 Å². The zero-order valence-corrected chi connectivity index (χ0v) is 62.9. The number of carboxylic acid groups (broad SMARTS) is 2. The molecule has 4 aliphatic rings. The molecule has 0 aromatic heterocycles. The minimum atomic E-state index is -1.08. The van der Waals surface area contributed by atoms with Gasteiger partial charge in [-0.2, -0.15) is 0 Å². The Labute approximate surface area is 584 Å². The van der Waals surface area contributed by atoms with Crippen molar-refractivity contribution in [2.24, 2.45) is 63.3 Å². The van der Waals surface area contributed by atoms with Crippen LogP contribution in [0.15, 0.2) is 198 Å². The molecule has 0 amide bonds. The topological polar surface area (TPSA) is 288 Å². The second-order valence-electron chi connectivity index (χ2n) is 31.2. The van der Waals surface area contributed by atoms with E-state index in [1.165, 1.54) is 0 Å². The summed E-state index contributed by atoms with van der Waals surface area (Å²) in [6.07, 6.45) is 16.8. The van der Waals surface area contributed by atoms with E-state index in [0.717, 1.165) is 58.4 Å². The third-order valence-corrected chi connectivity index (χ3v) is 14.6. The fourth-order valence-corrected chi connectivity index (χ4v) is 9.17. The summed E-state index contributed by atoms with van der Waals surface area (Å²) in [5.74, 6) is -2.17. The van der Waals surface area contributed by atoms with Crippen LogP contribution in [0, 0.1) is 65.0 Å². The maximum absolute atomic E-state index is 9.02. The van der Waals surface area contributed by atoms with E-state index in [0.29, 0.717) is 68.4 Å². The molecule has 0 atom stereocenters. The Morgan fingerprint density at radius 3 is 0.543 bits per heavy atom. The number of aliphatic imine (C=N–C) groups is 4. The summed E-state index contributed by atoms with van der Waals surface area (Å²) >= 11 is 0. The Hall–Kier alpha value is -7.19. The van der Waals surface area contributed by atoms with Crippen molar-refractivity contribution >= 4 is 80.4 Å². The van der Waals surface area contributed by atoms with E-state index in [2.05, 4.69) is 190 Å². The van der Waals surface area contributed by atoms with Gasteiger partial charge >= 0.3 is 0 Å². The molecule has 7 rings (SSSR count). The quantitative estimate of drug-likeness (QED) is 0.185. The summed E-state index contributed by atoms with van der Waals surface area (Å²) in [6, 6.07) is 27.6. The molecular formula is C78H108Co2N8O6-2. The molecule has 0 unspecified atom stereocenters. The molecule has 0 spiro atoms. The number of carbonyl (C=O) groups excluding carboxylic acids is 2. The van der Waals surface area contributed by atoms with Crippen LogP contribution in [-0.4, -0.2) is 68.6 Å². The van der Waals surface area contributed by atoms with Crippen LogP contribution >= 0.6 is 0 Å². The van der Waals surface area contributed by atoms with Crippen molar-refractivity contribution in [3.63, 3.8) is 0 Å². The predicted octanol–water partition coefficient (Wildman–Crippen LogP) is 17.1. The third-order valence-electron chi connectivity index (χ3n) is 14.6. The van der Waals surface area contributed by atoms with Gasteiger partial charge in [0, 0.05) is 45.5 Å². The van der Waals surface area contributed by atoms with E-state index < -0.39 is 11.9 Å². The van der Waals surface area contributed by atoms with Crippen LogP contribution in [0.25, 0.3) is 0 Å². The molecule has 16 heteroatoms. The number of carboxylic acids is 2. The average Bonchev–Trinajstić information content (AvgIpc) is 0.801. The zero-order chi connectivity index (χ0) is 69.1. The summed E-state index contributed by atoms with van der Waals surface area (Å²) in [6.45, 7) is 54.0. The molecule has 4 aliphatic carbocycles. The first-order chi connectivity index (χ1) is 40.8. The van der Waals surface area contributed by atoms with Crippen LogP contribution in [0.5, 0.6) is 0 Å². The minimum absolute atomic E-state index is 0. The predicted molar refractivity (Wildman–Crippen MR) is 388 cm³/mol. The van der Waals surface area contributed by atoms with E-state index in [9.17, 15) is 0 Å².